The number of carbonyl (C=O) groups excluding carboxylic acids is 1. The maximum atomic E-state index is 14.3. The second-order valence-electron chi connectivity index (χ2n) is 5.86. The molecular weight excluding hydrogens is 343 g/mol. The van der Waals surface area contributed by atoms with E-state index >= 15 is 0 Å². The second kappa shape index (κ2) is 6.80. The first kappa shape index (κ1) is 17.4. The number of imidazole rings is 1. The van der Waals surface area contributed by atoms with Crippen molar-refractivity contribution in [2.45, 2.75) is 25.6 Å². The van der Waals surface area contributed by atoms with E-state index in [1.165, 1.54) is 11.8 Å². The lowest BCUT2D eigenvalue weighted by atomic mass is 9.93. The molecule has 25 heavy (non-hydrogen) atoms. The van der Waals surface area contributed by atoms with Crippen molar-refractivity contribution >= 4 is 35.3 Å². The van der Waals surface area contributed by atoms with Crippen molar-refractivity contribution in [2.75, 3.05) is 6.54 Å². The minimum Gasteiger partial charge on any atom is -0.334 e. The smallest absolute Gasteiger partial charge is 0.290 e. The summed E-state index contributed by atoms with van der Waals surface area (Å²) >= 11 is 6.12. The Morgan fingerprint density at radius 3 is 2.96 bits per heavy atom. The van der Waals surface area contributed by atoms with Crippen LogP contribution in [0.15, 0.2) is 47.1 Å². The maximum Gasteiger partial charge on any atom is 0.290 e. The number of amides is 1. The number of rotatable bonds is 4. The molecule has 3 rings (SSSR count). The highest BCUT2D eigenvalue weighted by molar-refractivity contribution is 6.35. The van der Waals surface area contributed by atoms with E-state index < -0.39 is 12.2 Å². The van der Waals surface area contributed by atoms with Crippen LogP contribution in [0.4, 0.5) is 4.39 Å². The predicted molar refractivity (Wildman–Crippen MR) is 97.9 cm³/mol. The number of fused-ring (bicyclic) bond motifs is 1. The van der Waals surface area contributed by atoms with Gasteiger partial charge in [-0.05, 0) is 31.3 Å². The van der Waals surface area contributed by atoms with Gasteiger partial charge in [0.1, 0.15) is 11.7 Å². The van der Waals surface area contributed by atoms with E-state index in [-0.39, 0.29) is 11.7 Å². The molecule has 0 aliphatic carbocycles. The summed E-state index contributed by atoms with van der Waals surface area (Å²) in [5.74, 6) is -0.253. The lowest BCUT2D eigenvalue weighted by molar-refractivity contribution is 0.0601. The molecule has 0 radical (unpaired) electrons. The number of aromatic nitrogens is 2. The molecule has 1 amide bonds. The molecule has 2 aromatic rings. The summed E-state index contributed by atoms with van der Waals surface area (Å²) in [6.45, 7) is 9.01. The molecule has 0 bridgehead atoms. The molecule has 7 heteroatoms. The summed E-state index contributed by atoms with van der Waals surface area (Å²) in [6.07, 6.45) is 0.738. The number of hydrogen-bond acceptors (Lipinski definition) is 3. The SMILES string of the molecule is C=CC1=C(N=C)CCN(C(=O)c2nc3c(Cl)cccc3[nH]2)C1[C@H](C)F. The number of hydrogen-bond donors (Lipinski definition) is 1. The topological polar surface area (TPSA) is 61.4 Å². The van der Waals surface area contributed by atoms with Crippen molar-refractivity contribution in [1.29, 1.82) is 0 Å². The summed E-state index contributed by atoms with van der Waals surface area (Å²) < 4.78 is 14.3. The number of H-pyrrole nitrogens is 1. The van der Waals surface area contributed by atoms with Crippen LogP contribution in [0.2, 0.25) is 5.02 Å². The van der Waals surface area contributed by atoms with Gasteiger partial charge in [0.2, 0.25) is 0 Å². The molecule has 2 atom stereocenters. The van der Waals surface area contributed by atoms with Crippen molar-refractivity contribution in [2.24, 2.45) is 4.99 Å². The van der Waals surface area contributed by atoms with Gasteiger partial charge in [0.05, 0.1) is 16.6 Å². The van der Waals surface area contributed by atoms with Crippen LogP contribution in [0, 0.1) is 0 Å². The Labute approximate surface area is 149 Å². The van der Waals surface area contributed by atoms with Crippen LogP contribution in [0.5, 0.6) is 0 Å². The van der Waals surface area contributed by atoms with Gasteiger partial charge in [0.25, 0.3) is 5.91 Å². The minimum atomic E-state index is -1.29. The molecule has 0 fully saturated rings. The van der Waals surface area contributed by atoms with Crippen LogP contribution < -0.4 is 0 Å². The van der Waals surface area contributed by atoms with E-state index in [9.17, 15) is 9.18 Å². The third-order valence-electron chi connectivity index (χ3n) is 4.35. The molecule has 1 aliphatic heterocycles. The number of halogens is 2. The van der Waals surface area contributed by atoms with Crippen LogP contribution in [-0.4, -0.2) is 46.3 Å². The van der Waals surface area contributed by atoms with Gasteiger partial charge in [-0.2, -0.15) is 0 Å². The van der Waals surface area contributed by atoms with Crippen molar-refractivity contribution in [3.8, 4) is 0 Å². The number of aromatic amines is 1. The van der Waals surface area contributed by atoms with Gasteiger partial charge >= 0.3 is 0 Å². The second-order valence-corrected chi connectivity index (χ2v) is 6.26. The molecular formula is C18H18ClFN4O. The zero-order valence-electron chi connectivity index (χ0n) is 13.8. The average Bonchev–Trinajstić information content (AvgIpc) is 3.05. The monoisotopic (exact) mass is 360 g/mol. The Morgan fingerprint density at radius 2 is 2.36 bits per heavy atom. The first-order chi connectivity index (χ1) is 12.0. The maximum absolute atomic E-state index is 14.3. The fourth-order valence-electron chi connectivity index (χ4n) is 3.21. The summed E-state index contributed by atoms with van der Waals surface area (Å²) in [6, 6.07) is 4.48. The van der Waals surface area contributed by atoms with Crippen LogP contribution in [0.1, 0.15) is 24.0 Å². The van der Waals surface area contributed by atoms with Crippen molar-refractivity contribution < 1.29 is 9.18 Å². The van der Waals surface area contributed by atoms with Crippen molar-refractivity contribution in [1.82, 2.24) is 14.9 Å². The predicted octanol–water partition coefficient (Wildman–Crippen LogP) is 3.93. The molecule has 0 spiro atoms. The summed E-state index contributed by atoms with van der Waals surface area (Å²) in [4.78, 5) is 25.6. The zero-order chi connectivity index (χ0) is 18.1. The van der Waals surface area contributed by atoms with Crippen LogP contribution in [0.3, 0.4) is 0 Å². The van der Waals surface area contributed by atoms with E-state index in [1.807, 2.05) is 0 Å². The quantitative estimate of drug-likeness (QED) is 0.840. The lowest BCUT2D eigenvalue weighted by Gasteiger charge is -2.37. The number of aliphatic imine (C=N–C) groups is 1. The Bertz CT molecular complexity index is 886. The Kier molecular flexibility index (Phi) is 4.72. The van der Waals surface area contributed by atoms with E-state index in [2.05, 4.69) is 28.3 Å². The largest absolute Gasteiger partial charge is 0.334 e. The Morgan fingerprint density at radius 1 is 1.60 bits per heavy atom. The highest BCUT2D eigenvalue weighted by atomic mass is 35.5. The fourth-order valence-corrected chi connectivity index (χ4v) is 3.43. The summed E-state index contributed by atoms with van der Waals surface area (Å²) in [5, 5.41) is 0.451. The Balaban J connectivity index is 2.02. The van der Waals surface area contributed by atoms with E-state index in [4.69, 9.17) is 11.6 Å². The Hall–Kier alpha value is -2.47. The van der Waals surface area contributed by atoms with E-state index in [0.29, 0.717) is 40.3 Å². The first-order valence-electron chi connectivity index (χ1n) is 7.89. The first-order valence-corrected chi connectivity index (χ1v) is 8.27. The van der Waals surface area contributed by atoms with Crippen LogP contribution >= 0.6 is 11.6 Å². The zero-order valence-corrected chi connectivity index (χ0v) is 14.6. The van der Waals surface area contributed by atoms with Gasteiger partial charge in [0, 0.05) is 18.7 Å². The van der Waals surface area contributed by atoms with Gasteiger partial charge in [-0.1, -0.05) is 30.3 Å². The number of nitrogens with zero attached hydrogens (tertiary/aromatic N) is 3. The molecule has 0 saturated heterocycles. The number of carbonyl (C=O) groups is 1. The molecule has 130 valence electrons. The third-order valence-corrected chi connectivity index (χ3v) is 4.65. The van der Waals surface area contributed by atoms with Crippen LogP contribution in [-0.2, 0) is 0 Å². The van der Waals surface area contributed by atoms with E-state index in [0.717, 1.165) is 0 Å². The highest BCUT2D eigenvalue weighted by Gasteiger charge is 2.36. The van der Waals surface area contributed by atoms with Gasteiger partial charge in [-0.25, -0.2) is 9.37 Å². The summed E-state index contributed by atoms with van der Waals surface area (Å²) in [7, 11) is 0. The highest BCUT2D eigenvalue weighted by Crippen LogP contribution is 2.30. The average molecular weight is 361 g/mol. The molecule has 5 nitrogen and oxygen atoms in total. The molecule has 1 aromatic carbocycles. The number of para-hydroxylation sites is 1. The van der Waals surface area contributed by atoms with Gasteiger partial charge in [-0.15, -0.1) is 0 Å². The summed E-state index contributed by atoms with van der Waals surface area (Å²) in [5.41, 5.74) is 2.42. The van der Waals surface area contributed by atoms with Gasteiger partial charge in [0.15, 0.2) is 5.82 Å². The molecule has 1 unspecified atom stereocenters. The minimum absolute atomic E-state index is 0.132. The number of benzene rings is 1. The third kappa shape index (κ3) is 2.98. The number of alkyl halides is 1. The van der Waals surface area contributed by atoms with Crippen molar-refractivity contribution in [3.05, 3.63) is 53.0 Å². The lowest BCUT2D eigenvalue weighted by Crippen LogP contribution is -2.49. The molecule has 0 saturated carbocycles. The molecule has 1 N–H and O–H groups in total. The molecule has 1 aromatic heterocycles. The standard InChI is InChI=1S/C18H18ClFN4O/c1-4-11-13(21-3)8-9-24(16(11)10(2)20)18(25)17-22-14-7-5-6-12(19)15(14)23-17/h4-7,10,16H,1,3,8-9H2,2H3,(H,22,23)/t10-,16?/m0/s1. The normalized spacial score (nSPS) is 19.2. The fraction of sp³-hybridized carbons (Fsp3) is 0.278. The molecule has 2 heterocycles. The van der Waals surface area contributed by atoms with Crippen LogP contribution in [0.25, 0.3) is 11.0 Å². The van der Waals surface area contributed by atoms with E-state index in [1.54, 1.807) is 24.3 Å². The van der Waals surface area contributed by atoms with Gasteiger partial charge in [-0.3, -0.25) is 9.79 Å². The molecule has 1 aliphatic rings. The van der Waals surface area contributed by atoms with Crippen molar-refractivity contribution in [3.63, 3.8) is 0 Å². The number of nitrogens with one attached hydrogen (secondary N) is 1. The van der Waals surface area contributed by atoms with Gasteiger partial charge < -0.3 is 9.88 Å².